The summed E-state index contributed by atoms with van der Waals surface area (Å²) in [7, 11) is 0. The predicted octanol–water partition coefficient (Wildman–Crippen LogP) is 3.57. The molecule has 2 rings (SSSR count). The summed E-state index contributed by atoms with van der Waals surface area (Å²) in [5.74, 6) is 0. The van der Waals surface area contributed by atoms with Crippen LogP contribution < -0.4 is 0 Å². The molecule has 2 aromatic carbocycles. The van der Waals surface area contributed by atoms with Gasteiger partial charge in [0, 0.05) is 5.56 Å². The lowest BCUT2D eigenvalue weighted by molar-refractivity contribution is -0.0424. The maximum Gasteiger partial charge on any atom is 0.179 e. The molecule has 0 unspecified atom stereocenters. The Morgan fingerprint density at radius 2 is 1.42 bits per heavy atom. The van der Waals surface area contributed by atoms with E-state index in [9.17, 15) is 10.2 Å². The lowest BCUT2D eigenvalue weighted by atomic mass is 9.89. The fourth-order valence-corrected chi connectivity index (χ4v) is 2.85. The Hall–Kier alpha value is -1.64. The molecule has 0 saturated carbocycles. The zero-order chi connectivity index (χ0) is 14.2. The van der Waals surface area contributed by atoms with Crippen LogP contribution >= 0.6 is 0 Å². The highest BCUT2D eigenvalue weighted by atomic mass is 16.5. The van der Waals surface area contributed by atoms with Crippen LogP contribution in [0.3, 0.4) is 0 Å². The molecule has 2 heteroatoms. The largest absolute Gasteiger partial charge is 0.364 e. The molecule has 0 fully saturated rings. The van der Waals surface area contributed by atoms with Gasteiger partial charge >= 0.3 is 0 Å². The third-order valence-corrected chi connectivity index (χ3v) is 3.53. The zero-order valence-electron chi connectivity index (χ0n) is 11.9. The van der Waals surface area contributed by atoms with Crippen molar-refractivity contribution in [2.75, 3.05) is 0 Å². The van der Waals surface area contributed by atoms with E-state index in [1.807, 2.05) is 25.1 Å². The first-order valence-corrected chi connectivity index (χ1v) is 6.45. The summed E-state index contributed by atoms with van der Waals surface area (Å²) in [6.45, 7) is 8.09. The van der Waals surface area contributed by atoms with Crippen LogP contribution in [0.25, 0.3) is 11.1 Å². The molecule has 100 valence electrons. The highest BCUT2D eigenvalue weighted by Crippen LogP contribution is 2.34. The molecule has 0 spiro atoms. The van der Waals surface area contributed by atoms with E-state index in [1.54, 1.807) is 0 Å². The molecule has 0 saturated heterocycles. The molecule has 0 aromatic heterocycles. The molecule has 2 aromatic rings. The fourth-order valence-electron chi connectivity index (χ4n) is 2.85. The van der Waals surface area contributed by atoms with E-state index in [4.69, 9.17) is 0 Å². The van der Waals surface area contributed by atoms with Gasteiger partial charge in [0.1, 0.15) is 0 Å². The molecule has 0 aliphatic heterocycles. The average molecular weight is 256 g/mol. The second kappa shape index (κ2) is 5.16. The average Bonchev–Trinajstić information content (AvgIpc) is 2.26. The molecule has 0 atom stereocenters. The van der Waals surface area contributed by atoms with Gasteiger partial charge in [-0.25, -0.2) is 0 Å². The number of rotatable bonds is 2. The van der Waals surface area contributed by atoms with E-state index in [-0.39, 0.29) is 0 Å². The van der Waals surface area contributed by atoms with Gasteiger partial charge in [0.2, 0.25) is 0 Å². The Kier molecular flexibility index (Phi) is 3.74. The van der Waals surface area contributed by atoms with Crippen molar-refractivity contribution in [2.45, 2.75) is 34.0 Å². The van der Waals surface area contributed by atoms with E-state index in [2.05, 4.69) is 32.9 Å². The van der Waals surface area contributed by atoms with Crippen molar-refractivity contribution in [3.63, 3.8) is 0 Å². The van der Waals surface area contributed by atoms with E-state index < -0.39 is 6.29 Å². The molecule has 0 aliphatic rings. The van der Waals surface area contributed by atoms with Crippen molar-refractivity contribution in [3.05, 3.63) is 58.1 Å². The minimum absolute atomic E-state index is 0.595. The minimum Gasteiger partial charge on any atom is -0.364 e. The normalized spacial score (nSPS) is 11.1. The minimum atomic E-state index is -1.45. The molecule has 19 heavy (non-hydrogen) atoms. The maximum absolute atomic E-state index is 9.64. The lowest BCUT2D eigenvalue weighted by Crippen LogP contribution is -2.03. The van der Waals surface area contributed by atoms with Crippen LogP contribution in [-0.2, 0) is 0 Å². The first-order chi connectivity index (χ1) is 8.91. The summed E-state index contributed by atoms with van der Waals surface area (Å²) >= 11 is 0. The Bertz CT molecular complexity index is 590. The van der Waals surface area contributed by atoms with Crippen molar-refractivity contribution >= 4 is 0 Å². The third-order valence-electron chi connectivity index (χ3n) is 3.53. The maximum atomic E-state index is 9.64. The Morgan fingerprint density at radius 3 is 1.95 bits per heavy atom. The molecular weight excluding hydrogens is 236 g/mol. The van der Waals surface area contributed by atoms with Gasteiger partial charge in [0.15, 0.2) is 6.29 Å². The summed E-state index contributed by atoms with van der Waals surface area (Å²) < 4.78 is 0. The highest BCUT2D eigenvalue weighted by Gasteiger charge is 2.16. The Balaban J connectivity index is 2.76. The zero-order valence-corrected chi connectivity index (χ0v) is 11.9. The summed E-state index contributed by atoms with van der Waals surface area (Å²) in [5, 5.41) is 19.3. The molecular formula is C17H20O2. The Labute approximate surface area is 114 Å². The number of hydrogen-bond acceptors (Lipinski definition) is 2. The van der Waals surface area contributed by atoms with Crippen LogP contribution in [0.2, 0.25) is 0 Å². The molecule has 0 heterocycles. The first kappa shape index (κ1) is 13.8. The van der Waals surface area contributed by atoms with Crippen LogP contribution in [0.1, 0.15) is 34.1 Å². The molecule has 0 amide bonds. The predicted molar refractivity (Wildman–Crippen MR) is 78.0 cm³/mol. The van der Waals surface area contributed by atoms with E-state index in [0.29, 0.717) is 5.56 Å². The summed E-state index contributed by atoms with van der Waals surface area (Å²) in [6, 6.07) is 10.1. The van der Waals surface area contributed by atoms with Gasteiger partial charge in [0.25, 0.3) is 0 Å². The standard InChI is InChI=1S/C17H20O2/c1-10-8-12(3)15(13(4)9-10)14-7-5-6-11(2)16(14)17(18)19/h5-9,17-19H,1-4H3. The van der Waals surface area contributed by atoms with Crippen LogP contribution in [-0.4, -0.2) is 10.2 Å². The van der Waals surface area contributed by atoms with E-state index in [0.717, 1.165) is 27.8 Å². The number of benzene rings is 2. The van der Waals surface area contributed by atoms with Gasteiger partial charge in [-0.2, -0.15) is 0 Å². The monoisotopic (exact) mass is 256 g/mol. The van der Waals surface area contributed by atoms with Crippen molar-refractivity contribution in [1.82, 2.24) is 0 Å². The Morgan fingerprint density at radius 1 is 0.842 bits per heavy atom. The van der Waals surface area contributed by atoms with Crippen LogP contribution in [0.15, 0.2) is 30.3 Å². The van der Waals surface area contributed by atoms with Crippen LogP contribution in [0, 0.1) is 27.7 Å². The number of aliphatic hydroxyl groups is 2. The summed E-state index contributed by atoms with van der Waals surface area (Å²) in [5.41, 5.74) is 7.03. The third kappa shape index (κ3) is 2.55. The summed E-state index contributed by atoms with van der Waals surface area (Å²) in [6.07, 6.45) is -1.45. The quantitative estimate of drug-likeness (QED) is 0.806. The van der Waals surface area contributed by atoms with E-state index >= 15 is 0 Å². The molecule has 2 nitrogen and oxygen atoms in total. The van der Waals surface area contributed by atoms with Crippen LogP contribution in [0.5, 0.6) is 0 Å². The summed E-state index contributed by atoms with van der Waals surface area (Å²) in [4.78, 5) is 0. The van der Waals surface area contributed by atoms with Crippen molar-refractivity contribution in [3.8, 4) is 11.1 Å². The first-order valence-electron chi connectivity index (χ1n) is 6.45. The van der Waals surface area contributed by atoms with Gasteiger partial charge in [0.05, 0.1) is 0 Å². The van der Waals surface area contributed by atoms with Gasteiger partial charge in [-0.05, 0) is 55.5 Å². The highest BCUT2D eigenvalue weighted by molar-refractivity contribution is 5.75. The van der Waals surface area contributed by atoms with Gasteiger partial charge in [-0.3, -0.25) is 0 Å². The second-order valence-electron chi connectivity index (χ2n) is 5.18. The number of aryl methyl sites for hydroxylation is 4. The van der Waals surface area contributed by atoms with Crippen LogP contribution in [0.4, 0.5) is 0 Å². The molecule has 2 N–H and O–H groups in total. The lowest BCUT2D eigenvalue weighted by Gasteiger charge is -2.18. The fraction of sp³-hybridized carbons (Fsp3) is 0.294. The molecule has 0 radical (unpaired) electrons. The molecule has 0 aliphatic carbocycles. The van der Waals surface area contributed by atoms with Gasteiger partial charge in [-0.1, -0.05) is 35.9 Å². The molecule has 0 bridgehead atoms. The van der Waals surface area contributed by atoms with Crippen molar-refractivity contribution in [2.24, 2.45) is 0 Å². The SMILES string of the molecule is Cc1cc(C)c(-c2cccc(C)c2C(O)O)c(C)c1. The van der Waals surface area contributed by atoms with Gasteiger partial charge in [-0.15, -0.1) is 0 Å². The second-order valence-corrected chi connectivity index (χ2v) is 5.18. The van der Waals surface area contributed by atoms with Crippen molar-refractivity contribution in [1.29, 1.82) is 0 Å². The number of hydrogen-bond donors (Lipinski definition) is 2. The van der Waals surface area contributed by atoms with Crippen molar-refractivity contribution < 1.29 is 10.2 Å². The van der Waals surface area contributed by atoms with Gasteiger partial charge < -0.3 is 10.2 Å². The van der Waals surface area contributed by atoms with E-state index in [1.165, 1.54) is 5.56 Å². The smallest absolute Gasteiger partial charge is 0.179 e. The number of aliphatic hydroxyl groups excluding tert-OH is 1. The topological polar surface area (TPSA) is 40.5 Å².